The highest BCUT2D eigenvalue weighted by atomic mass is 16.5. The Morgan fingerprint density at radius 1 is 1.10 bits per heavy atom. The minimum Gasteiger partial charge on any atom is -0.491 e. The first-order valence-electron chi connectivity index (χ1n) is 13.3. The molecule has 3 N–H and O–H groups in total. The zero-order valence-corrected chi connectivity index (χ0v) is 21.8. The van der Waals surface area contributed by atoms with Gasteiger partial charge in [-0.15, -0.1) is 0 Å². The number of morpholine rings is 1. The van der Waals surface area contributed by atoms with Crippen LogP contribution in [0.4, 0.5) is 11.5 Å². The van der Waals surface area contributed by atoms with Gasteiger partial charge in [-0.3, -0.25) is 10.00 Å². The summed E-state index contributed by atoms with van der Waals surface area (Å²) < 4.78 is 11.0. The molecule has 2 aliphatic rings. The SMILES string of the molecule is COc1cnc(-c2cccc(C3CC3)c2)nc1Nc1c[nH]nc1-c1nc2cc(CN3CCOCC3)ccc2[nH]1. The number of aromatic nitrogens is 6. The molecule has 1 saturated carbocycles. The highest BCUT2D eigenvalue weighted by Crippen LogP contribution is 2.41. The molecule has 2 fully saturated rings. The summed E-state index contributed by atoms with van der Waals surface area (Å²) in [5.74, 6) is 3.08. The van der Waals surface area contributed by atoms with Crippen LogP contribution in [-0.4, -0.2) is 68.4 Å². The van der Waals surface area contributed by atoms with E-state index in [4.69, 9.17) is 19.4 Å². The molecule has 5 aromatic rings. The number of rotatable bonds is 8. The maximum absolute atomic E-state index is 5.57. The number of benzene rings is 2. The summed E-state index contributed by atoms with van der Waals surface area (Å²) in [5.41, 5.74) is 6.83. The lowest BCUT2D eigenvalue weighted by molar-refractivity contribution is 0.0342. The van der Waals surface area contributed by atoms with Crippen molar-refractivity contribution in [1.82, 2.24) is 35.0 Å². The molecule has 0 bridgehead atoms. The van der Waals surface area contributed by atoms with Crippen LogP contribution in [0.5, 0.6) is 5.75 Å². The number of anilines is 2. The summed E-state index contributed by atoms with van der Waals surface area (Å²) in [7, 11) is 1.61. The highest BCUT2D eigenvalue weighted by Gasteiger charge is 2.24. The molecule has 10 nitrogen and oxygen atoms in total. The highest BCUT2D eigenvalue weighted by molar-refractivity contribution is 5.83. The Balaban J connectivity index is 1.16. The second-order valence-corrected chi connectivity index (χ2v) is 10.1. The summed E-state index contributed by atoms with van der Waals surface area (Å²) in [6.45, 7) is 4.36. The molecule has 0 amide bonds. The number of hydrogen-bond donors (Lipinski definition) is 3. The zero-order chi connectivity index (χ0) is 26.2. The Labute approximate surface area is 225 Å². The van der Waals surface area contributed by atoms with Crippen LogP contribution < -0.4 is 10.1 Å². The van der Waals surface area contributed by atoms with Crippen molar-refractivity contribution in [2.75, 3.05) is 38.7 Å². The van der Waals surface area contributed by atoms with E-state index in [2.05, 4.69) is 66.8 Å². The average Bonchev–Trinajstić information content (AvgIpc) is 3.59. The molecular weight excluding hydrogens is 492 g/mol. The fourth-order valence-electron chi connectivity index (χ4n) is 5.07. The zero-order valence-electron chi connectivity index (χ0n) is 21.8. The van der Waals surface area contributed by atoms with Crippen LogP contribution >= 0.6 is 0 Å². The fraction of sp³-hybridized carbons (Fsp3) is 0.310. The molecule has 3 aromatic heterocycles. The van der Waals surface area contributed by atoms with Gasteiger partial charge in [0.25, 0.3) is 0 Å². The van der Waals surface area contributed by atoms with Gasteiger partial charge in [-0.25, -0.2) is 15.0 Å². The van der Waals surface area contributed by atoms with Crippen LogP contribution in [0.15, 0.2) is 54.9 Å². The van der Waals surface area contributed by atoms with Crippen molar-refractivity contribution in [3.05, 3.63) is 66.0 Å². The molecule has 2 aromatic carbocycles. The summed E-state index contributed by atoms with van der Waals surface area (Å²) in [6.07, 6.45) is 5.99. The number of H-pyrrole nitrogens is 2. The van der Waals surface area contributed by atoms with E-state index in [1.807, 2.05) is 6.07 Å². The van der Waals surface area contributed by atoms with Gasteiger partial charge in [0.15, 0.2) is 28.9 Å². The molecule has 39 heavy (non-hydrogen) atoms. The third kappa shape index (κ3) is 4.96. The Hall–Kier alpha value is -4.28. The lowest BCUT2D eigenvalue weighted by Crippen LogP contribution is -2.35. The topological polar surface area (TPSA) is 117 Å². The van der Waals surface area contributed by atoms with Gasteiger partial charge in [0.05, 0.1) is 43.2 Å². The molecular formula is C29H30N8O2. The molecule has 0 radical (unpaired) electrons. The van der Waals surface area contributed by atoms with E-state index < -0.39 is 0 Å². The van der Waals surface area contributed by atoms with Gasteiger partial charge in [-0.1, -0.05) is 24.3 Å². The molecule has 0 spiro atoms. The van der Waals surface area contributed by atoms with Crippen molar-refractivity contribution < 1.29 is 9.47 Å². The molecule has 4 heterocycles. The van der Waals surface area contributed by atoms with Gasteiger partial charge in [-0.2, -0.15) is 5.10 Å². The Morgan fingerprint density at radius 2 is 2.00 bits per heavy atom. The van der Waals surface area contributed by atoms with E-state index in [1.165, 1.54) is 24.0 Å². The molecule has 1 aliphatic carbocycles. The Bertz CT molecular complexity index is 1620. The van der Waals surface area contributed by atoms with Crippen LogP contribution in [0.3, 0.4) is 0 Å². The predicted molar refractivity (Wildman–Crippen MR) is 149 cm³/mol. The van der Waals surface area contributed by atoms with Gasteiger partial charge < -0.3 is 19.8 Å². The maximum atomic E-state index is 5.57. The van der Waals surface area contributed by atoms with E-state index in [9.17, 15) is 0 Å². The van der Waals surface area contributed by atoms with Gasteiger partial charge in [0, 0.05) is 31.4 Å². The lowest BCUT2D eigenvalue weighted by atomic mass is 10.1. The number of nitrogens with zero attached hydrogens (tertiary/aromatic N) is 5. The molecule has 198 valence electrons. The van der Waals surface area contributed by atoms with Gasteiger partial charge in [-0.05, 0) is 48.1 Å². The number of fused-ring (bicyclic) bond motifs is 1. The first-order chi connectivity index (χ1) is 19.2. The van der Waals surface area contributed by atoms with Crippen molar-refractivity contribution in [2.24, 2.45) is 0 Å². The first kappa shape index (κ1) is 23.8. The minimum absolute atomic E-state index is 0.543. The summed E-state index contributed by atoms with van der Waals surface area (Å²) in [4.78, 5) is 20.1. The largest absolute Gasteiger partial charge is 0.491 e. The molecule has 1 saturated heterocycles. The summed E-state index contributed by atoms with van der Waals surface area (Å²) in [6, 6.07) is 14.9. The van der Waals surface area contributed by atoms with Crippen LogP contribution in [0.2, 0.25) is 0 Å². The first-order valence-corrected chi connectivity index (χ1v) is 13.3. The van der Waals surface area contributed by atoms with E-state index in [1.54, 1.807) is 19.5 Å². The number of aromatic amines is 2. The number of hydrogen-bond acceptors (Lipinski definition) is 8. The monoisotopic (exact) mass is 522 g/mol. The maximum Gasteiger partial charge on any atom is 0.179 e. The van der Waals surface area contributed by atoms with E-state index in [0.717, 1.165) is 55.1 Å². The van der Waals surface area contributed by atoms with Gasteiger partial charge in [0.1, 0.15) is 0 Å². The summed E-state index contributed by atoms with van der Waals surface area (Å²) >= 11 is 0. The average molecular weight is 523 g/mol. The third-order valence-electron chi connectivity index (χ3n) is 7.34. The van der Waals surface area contributed by atoms with E-state index >= 15 is 0 Å². The Morgan fingerprint density at radius 3 is 2.85 bits per heavy atom. The lowest BCUT2D eigenvalue weighted by Gasteiger charge is -2.26. The number of ether oxygens (including phenoxy) is 2. The van der Waals surface area contributed by atoms with Gasteiger partial charge >= 0.3 is 0 Å². The second kappa shape index (κ2) is 10.1. The van der Waals surface area contributed by atoms with Crippen molar-refractivity contribution in [3.63, 3.8) is 0 Å². The van der Waals surface area contributed by atoms with E-state index in [-0.39, 0.29) is 0 Å². The van der Waals surface area contributed by atoms with Crippen LogP contribution in [0.25, 0.3) is 33.9 Å². The van der Waals surface area contributed by atoms with Crippen LogP contribution in [-0.2, 0) is 11.3 Å². The number of nitrogens with one attached hydrogen (secondary N) is 3. The smallest absolute Gasteiger partial charge is 0.179 e. The standard InChI is InChI=1S/C29H30N8O2/c1-38-25-16-30-27(21-4-2-3-20(14-21)19-6-7-19)35-28(25)34-24-15-31-36-26(24)29-32-22-8-5-18(13-23(22)33-29)17-37-9-11-39-12-10-37/h2-5,8,13-16,19H,6-7,9-12,17H2,1H3,(H,31,36)(H,32,33)(H,30,34,35). The molecule has 10 heteroatoms. The normalized spacial score (nSPS) is 16.0. The van der Waals surface area contributed by atoms with Gasteiger partial charge in [0.2, 0.25) is 0 Å². The van der Waals surface area contributed by atoms with Crippen molar-refractivity contribution in [2.45, 2.75) is 25.3 Å². The quantitative estimate of drug-likeness (QED) is 0.264. The Kier molecular flexibility index (Phi) is 6.18. The van der Waals surface area contributed by atoms with Crippen molar-refractivity contribution in [1.29, 1.82) is 0 Å². The second-order valence-electron chi connectivity index (χ2n) is 10.1. The molecule has 7 rings (SSSR count). The number of methoxy groups -OCH3 is 1. The minimum atomic E-state index is 0.543. The van der Waals surface area contributed by atoms with Crippen LogP contribution in [0, 0.1) is 0 Å². The predicted octanol–water partition coefficient (Wildman–Crippen LogP) is 4.87. The number of imidazole rings is 1. The molecule has 1 aliphatic heterocycles. The van der Waals surface area contributed by atoms with E-state index in [0.29, 0.717) is 34.8 Å². The van der Waals surface area contributed by atoms with Crippen molar-refractivity contribution >= 4 is 22.5 Å². The summed E-state index contributed by atoms with van der Waals surface area (Å²) in [5, 5.41) is 10.8. The van der Waals surface area contributed by atoms with Crippen molar-refractivity contribution in [3.8, 4) is 28.7 Å². The molecule has 0 unspecified atom stereocenters. The van der Waals surface area contributed by atoms with Crippen LogP contribution in [0.1, 0.15) is 29.9 Å². The fourth-order valence-corrected chi connectivity index (χ4v) is 5.07. The molecule has 0 atom stereocenters. The third-order valence-corrected chi connectivity index (χ3v) is 7.34.